The number of hydrogen-bond acceptors (Lipinski definition) is 7. The molecule has 0 fully saturated rings. The fraction of sp³-hybridized carbons (Fsp3) is 0.133. The predicted octanol–water partition coefficient (Wildman–Crippen LogP) is 1.11. The lowest BCUT2D eigenvalue weighted by Gasteiger charge is -2.14. The van der Waals surface area contributed by atoms with Crippen molar-refractivity contribution in [3.8, 4) is 6.07 Å². The first-order valence-electron chi connectivity index (χ1n) is 6.60. The van der Waals surface area contributed by atoms with E-state index in [9.17, 15) is 9.59 Å². The first-order chi connectivity index (χ1) is 11.0. The van der Waals surface area contributed by atoms with E-state index in [1.54, 1.807) is 24.3 Å². The number of rotatable bonds is 4. The van der Waals surface area contributed by atoms with Crippen LogP contribution >= 0.6 is 0 Å². The summed E-state index contributed by atoms with van der Waals surface area (Å²) >= 11 is 0. The Morgan fingerprint density at radius 1 is 1.30 bits per heavy atom. The number of aromatic nitrogens is 2. The lowest BCUT2D eigenvalue weighted by Crippen LogP contribution is -2.30. The number of nitrogen functional groups attached to an aromatic ring is 1. The van der Waals surface area contributed by atoms with Gasteiger partial charge in [0.05, 0.1) is 11.3 Å². The molecule has 1 aromatic heterocycles. The Kier molecular flexibility index (Phi) is 4.84. The van der Waals surface area contributed by atoms with E-state index in [4.69, 9.17) is 15.7 Å². The predicted molar refractivity (Wildman–Crippen MR) is 81.1 cm³/mol. The molecule has 1 amide bonds. The Balaban J connectivity index is 2.05. The van der Waals surface area contributed by atoms with Gasteiger partial charge in [-0.3, -0.25) is 4.79 Å². The standard InChI is InChI=1S/C15H13N5O3/c1-9(23-15(22)12-13(17)19-7-6-18-12)14(21)20-11-5-3-2-4-10(11)8-16/h2-7,9H,1H3,(H2,17,19)(H,20,21)/t9-/m0/s1. The summed E-state index contributed by atoms with van der Waals surface area (Å²) in [5.41, 5.74) is 6.00. The highest BCUT2D eigenvalue weighted by atomic mass is 16.5. The van der Waals surface area contributed by atoms with Crippen LogP contribution in [0, 0.1) is 11.3 Å². The van der Waals surface area contributed by atoms with E-state index in [0.717, 1.165) is 0 Å². The molecule has 8 nitrogen and oxygen atoms in total. The molecule has 0 aliphatic heterocycles. The summed E-state index contributed by atoms with van der Waals surface area (Å²) in [6.07, 6.45) is 1.53. The molecule has 2 rings (SSSR count). The average molecular weight is 311 g/mol. The molecule has 1 heterocycles. The number of hydrogen-bond donors (Lipinski definition) is 2. The van der Waals surface area contributed by atoms with Crippen LogP contribution in [0.3, 0.4) is 0 Å². The number of nitrogens with zero attached hydrogens (tertiary/aromatic N) is 3. The molecule has 2 aromatic rings. The smallest absolute Gasteiger partial charge is 0.361 e. The molecule has 0 bridgehead atoms. The van der Waals surface area contributed by atoms with Crippen molar-refractivity contribution in [2.45, 2.75) is 13.0 Å². The number of carbonyl (C=O) groups excluding carboxylic acids is 2. The fourth-order valence-corrected chi connectivity index (χ4v) is 1.70. The van der Waals surface area contributed by atoms with Crippen LogP contribution in [0.5, 0.6) is 0 Å². The van der Waals surface area contributed by atoms with E-state index in [-0.39, 0.29) is 11.5 Å². The van der Waals surface area contributed by atoms with Gasteiger partial charge in [-0.15, -0.1) is 0 Å². The van der Waals surface area contributed by atoms with Crippen LogP contribution < -0.4 is 11.1 Å². The number of nitriles is 1. The number of ether oxygens (including phenoxy) is 1. The highest BCUT2D eigenvalue weighted by molar-refractivity contribution is 5.98. The second kappa shape index (κ2) is 7.00. The number of amides is 1. The maximum absolute atomic E-state index is 12.1. The summed E-state index contributed by atoms with van der Waals surface area (Å²) in [6, 6.07) is 8.44. The van der Waals surface area contributed by atoms with Gasteiger partial charge in [-0.25, -0.2) is 14.8 Å². The lowest BCUT2D eigenvalue weighted by atomic mass is 10.2. The zero-order valence-corrected chi connectivity index (χ0v) is 12.2. The zero-order chi connectivity index (χ0) is 16.8. The van der Waals surface area contributed by atoms with Crippen molar-refractivity contribution in [3.63, 3.8) is 0 Å². The van der Waals surface area contributed by atoms with Crippen molar-refractivity contribution in [1.82, 2.24) is 9.97 Å². The van der Waals surface area contributed by atoms with Gasteiger partial charge in [0.15, 0.2) is 17.6 Å². The summed E-state index contributed by atoms with van der Waals surface area (Å²) in [7, 11) is 0. The summed E-state index contributed by atoms with van der Waals surface area (Å²) in [5.74, 6) is -1.52. The highest BCUT2D eigenvalue weighted by Gasteiger charge is 2.22. The zero-order valence-electron chi connectivity index (χ0n) is 12.2. The Hall–Kier alpha value is -3.47. The molecule has 116 valence electrons. The van der Waals surface area contributed by atoms with Gasteiger partial charge in [0.2, 0.25) is 0 Å². The molecule has 0 unspecified atom stereocenters. The molecule has 8 heteroatoms. The molecule has 0 aliphatic carbocycles. The van der Waals surface area contributed by atoms with Gasteiger partial charge < -0.3 is 15.8 Å². The van der Waals surface area contributed by atoms with Crippen molar-refractivity contribution in [2.75, 3.05) is 11.1 Å². The second-order valence-corrected chi connectivity index (χ2v) is 4.48. The van der Waals surface area contributed by atoms with Crippen LogP contribution in [-0.2, 0) is 9.53 Å². The Labute approximate surface area is 131 Å². The topological polar surface area (TPSA) is 131 Å². The minimum atomic E-state index is -1.10. The second-order valence-electron chi connectivity index (χ2n) is 4.48. The quantitative estimate of drug-likeness (QED) is 0.808. The number of esters is 1. The monoisotopic (exact) mass is 311 g/mol. The minimum Gasteiger partial charge on any atom is -0.448 e. The van der Waals surface area contributed by atoms with Crippen LogP contribution in [0.15, 0.2) is 36.7 Å². The first kappa shape index (κ1) is 15.9. The summed E-state index contributed by atoms with van der Waals surface area (Å²) in [5, 5.41) is 11.5. The third-order valence-corrected chi connectivity index (χ3v) is 2.88. The van der Waals surface area contributed by atoms with Crippen molar-refractivity contribution in [2.24, 2.45) is 0 Å². The van der Waals surface area contributed by atoms with Gasteiger partial charge in [-0.2, -0.15) is 5.26 Å². The maximum atomic E-state index is 12.1. The van der Waals surface area contributed by atoms with E-state index in [1.807, 2.05) is 6.07 Å². The Morgan fingerprint density at radius 3 is 2.70 bits per heavy atom. The minimum absolute atomic E-state index is 0.0834. The third kappa shape index (κ3) is 3.79. The molecule has 1 atom stereocenters. The van der Waals surface area contributed by atoms with E-state index < -0.39 is 18.0 Å². The van der Waals surface area contributed by atoms with Gasteiger partial charge >= 0.3 is 5.97 Å². The molecule has 23 heavy (non-hydrogen) atoms. The number of carbonyl (C=O) groups is 2. The van der Waals surface area contributed by atoms with Gasteiger partial charge in [0.1, 0.15) is 6.07 Å². The number of anilines is 2. The van der Waals surface area contributed by atoms with Crippen LogP contribution in [0.4, 0.5) is 11.5 Å². The summed E-state index contributed by atoms with van der Waals surface area (Å²) in [6.45, 7) is 1.40. The number of nitrogens with two attached hydrogens (primary N) is 1. The molecule has 1 aromatic carbocycles. The molecular weight excluding hydrogens is 298 g/mol. The Morgan fingerprint density at radius 2 is 2.00 bits per heavy atom. The average Bonchev–Trinajstić information content (AvgIpc) is 2.55. The first-order valence-corrected chi connectivity index (χ1v) is 6.60. The summed E-state index contributed by atoms with van der Waals surface area (Å²) < 4.78 is 5.01. The molecule has 0 saturated heterocycles. The van der Waals surface area contributed by atoms with Crippen LogP contribution in [0.1, 0.15) is 23.0 Å². The van der Waals surface area contributed by atoms with E-state index >= 15 is 0 Å². The van der Waals surface area contributed by atoms with Gasteiger partial charge in [0, 0.05) is 12.4 Å². The van der Waals surface area contributed by atoms with E-state index in [2.05, 4.69) is 15.3 Å². The van der Waals surface area contributed by atoms with Gasteiger partial charge in [-0.05, 0) is 19.1 Å². The normalized spacial score (nSPS) is 11.1. The summed E-state index contributed by atoms with van der Waals surface area (Å²) in [4.78, 5) is 31.5. The van der Waals surface area contributed by atoms with Crippen molar-refractivity contribution in [1.29, 1.82) is 5.26 Å². The third-order valence-electron chi connectivity index (χ3n) is 2.88. The SMILES string of the molecule is C[C@H](OC(=O)c1nccnc1N)C(=O)Nc1ccccc1C#N. The van der Waals surface area contributed by atoms with Crippen molar-refractivity contribution >= 4 is 23.4 Å². The van der Waals surface area contributed by atoms with Crippen LogP contribution in [-0.4, -0.2) is 27.9 Å². The number of nitrogens with one attached hydrogen (secondary N) is 1. The number of para-hydroxylation sites is 1. The van der Waals surface area contributed by atoms with E-state index in [1.165, 1.54) is 19.3 Å². The fourth-order valence-electron chi connectivity index (χ4n) is 1.70. The molecule has 0 radical (unpaired) electrons. The van der Waals surface area contributed by atoms with Crippen LogP contribution in [0.2, 0.25) is 0 Å². The molecule has 0 spiro atoms. The molecule has 3 N–H and O–H groups in total. The highest BCUT2D eigenvalue weighted by Crippen LogP contribution is 2.14. The largest absolute Gasteiger partial charge is 0.448 e. The van der Waals surface area contributed by atoms with E-state index in [0.29, 0.717) is 11.3 Å². The molecule has 0 saturated carbocycles. The molecular formula is C15H13N5O3. The van der Waals surface area contributed by atoms with Crippen molar-refractivity contribution in [3.05, 3.63) is 47.9 Å². The van der Waals surface area contributed by atoms with Crippen molar-refractivity contribution < 1.29 is 14.3 Å². The van der Waals surface area contributed by atoms with Gasteiger partial charge in [-0.1, -0.05) is 12.1 Å². The Bertz CT molecular complexity index is 785. The van der Waals surface area contributed by atoms with Crippen LogP contribution in [0.25, 0.3) is 0 Å². The lowest BCUT2D eigenvalue weighted by molar-refractivity contribution is -0.123. The maximum Gasteiger partial charge on any atom is 0.361 e. The van der Waals surface area contributed by atoms with Gasteiger partial charge in [0.25, 0.3) is 5.91 Å². The number of benzene rings is 1. The molecule has 0 aliphatic rings.